The monoisotopic (exact) mass is 241 g/mol. The van der Waals surface area contributed by atoms with E-state index in [4.69, 9.17) is 0 Å². The van der Waals surface area contributed by atoms with Crippen LogP contribution in [-0.2, 0) is 0 Å². The van der Waals surface area contributed by atoms with E-state index in [1.165, 1.54) is 57.8 Å². The van der Waals surface area contributed by atoms with Crippen molar-refractivity contribution in [3.05, 3.63) is 5.21 Å². The van der Waals surface area contributed by atoms with Gasteiger partial charge in [-0.1, -0.05) is 58.3 Å². The first-order chi connectivity index (χ1) is 8.18. The Morgan fingerprint density at radius 1 is 0.882 bits per heavy atom. The van der Waals surface area contributed by atoms with Gasteiger partial charge in [0.05, 0.1) is 0 Å². The first-order valence-corrected chi connectivity index (χ1v) is 7.47. The predicted octanol–water partition coefficient (Wildman–Crippen LogP) is 4.90. The molecule has 0 unspecified atom stereocenters. The summed E-state index contributed by atoms with van der Waals surface area (Å²) >= 11 is 0. The van der Waals surface area contributed by atoms with Crippen molar-refractivity contribution in [1.29, 1.82) is 0 Å². The number of nitrogens with zero attached hydrogens (tertiary/aromatic N) is 1. The van der Waals surface area contributed by atoms with Crippen LogP contribution in [-0.4, -0.2) is 17.0 Å². The zero-order valence-electron chi connectivity index (χ0n) is 12.1. The van der Waals surface area contributed by atoms with Crippen LogP contribution in [0.5, 0.6) is 0 Å². The normalized spacial score (nSPS) is 12.4. The molecule has 0 bridgehead atoms. The van der Waals surface area contributed by atoms with Gasteiger partial charge in [-0.3, -0.25) is 0 Å². The minimum absolute atomic E-state index is 0.0913. The maximum absolute atomic E-state index is 11.2. The summed E-state index contributed by atoms with van der Waals surface area (Å²) < 4.78 is 1.07. The molecule has 2 heteroatoms. The zero-order valence-corrected chi connectivity index (χ0v) is 12.1. The summed E-state index contributed by atoms with van der Waals surface area (Å²) in [5, 5.41) is 11.2. The molecule has 0 spiro atoms. The van der Waals surface area contributed by atoms with E-state index >= 15 is 0 Å². The van der Waals surface area contributed by atoms with Gasteiger partial charge in [0.1, 0.15) is 0 Å². The van der Waals surface area contributed by atoms with Crippen LogP contribution in [0.2, 0.25) is 0 Å². The molecule has 0 aliphatic rings. The minimum Gasteiger partial charge on any atom is -0.624 e. The zero-order chi connectivity index (χ0) is 12.9. The van der Waals surface area contributed by atoms with Crippen molar-refractivity contribution in [2.24, 2.45) is 0 Å². The molecule has 0 aliphatic carbocycles. The van der Waals surface area contributed by atoms with Gasteiger partial charge in [-0.15, -0.1) is 0 Å². The molecular weight excluding hydrogens is 210 g/mol. The number of rotatable bonds is 11. The van der Waals surface area contributed by atoms with Crippen molar-refractivity contribution in [2.75, 3.05) is 0 Å². The molecular formula is C15H31NO. The molecule has 0 radical (unpaired) electrons. The number of hydroxylamine groups is 1. The second-order valence-corrected chi connectivity index (χ2v) is 5.25. The van der Waals surface area contributed by atoms with Crippen LogP contribution in [0.15, 0.2) is 0 Å². The first-order valence-electron chi connectivity index (χ1n) is 7.47. The third kappa shape index (κ3) is 11.7. The summed E-state index contributed by atoms with van der Waals surface area (Å²) in [5.74, 6) is 0. The maximum Gasteiger partial charge on any atom is 0.157 e. The summed E-state index contributed by atoms with van der Waals surface area (Å²) in [5.41, 5.74) is 0. The molecule has 0 aromatic carbocycles. The van der Waals surface area contributed by atoms with Gasteiger partial charge in [0.2, 0.25) is 0 Å². The quantitative estimate of drug-likeness (QED) is 0.166. The van der Waals surface area contributed by atoms with Crippen molar-refractivity contribution < 1.29 is 4.74 Å². The SMILES string of the molecule is CCCCCCCCCCC/C=[N+](/[O-])C(C)C. The smallest absolute Gasteiger partial charge is 0.157 e. The Bertz CT molecular complexity index is 187. The van der Waals surface area contributed by atoms with Crippen LogP contribution in [0.1, 0.15) is 85.0 Å². The molecule has 0 heterocycles. The van der Waals surface area contributed by atoms with Gasteiger partial charge in [0, 0.05) is 6.42 Å². The van der Waals surface area contributed by atoms with Crippen LogP contribution < -0.4 is 0 Å². The lowest BCUT2D eigenvalue weighted by molar-refractivity contribution is -0.488. The van der Waals surface area contributed by atoms with Crippen LogP contribution in [0.3, 0.4) is 0 Å². The lowest BCUT2D eigenvalue weighted by atomic mass is 10.1. The highest BCUT2D eigenvalue weighted by atomic mass is 16.5. The molecule has 0 rings (SSSR count). The maximum atomic E-state index is 11.2. The molecule has 0 fully saturated rings. The van der Waals surface area contributed by atoms with E-state index in [1.807, 2.05) is 13.8 Å². The van der Waals surface area contributed by atoms with E-state index in [9.17, 15) is 5.21 Å². The van der Waals surface area contributed by atoms with Crippen molar-refractivity contribution >= 4 is 6.21 Å². The first kappa shape index (κ1) is 16.5. The molecule has 0 saturated heterocycles. The molecule has 0 aromatic rings. The molecule has 0 N–H and O–H groups in total. The van der Waals surface area contributed by atoms with E-state index in [-0.39, 0.29) is 6.04 Å². The van der Waals surface area contributed by atoms with Gasteiger partial charge in [-0.25, -0.2) is 4.74 Å². The van der Waals surface area contributed by atoms with Crippen molar-refractivity contribution in [3.8, 4) is 0 Å². The third-order valence-corrected chi connectivity index (χ3v) is 3.13. The summed E-state index contributed by atoms with van der Waals surface area (Å²) in [4.78, 5) is 0. The highest BCUT2D eigenvalue weighted by Crippen LogP contribution is 2.09. The Kier molecular flexibility index (Phi) is 11.6. The van der Waals surface area contributed by atoms with E-state index in [2.05, 4.69) is 6.92 Å². The van der Waals surface area contributed by atoms with E-state index in [0.717, 1.165) is 11.2 Å². The highest BCUT2D eigenvalue weighted by Gasteiger charge is 1.98. The molecule has 0 aromatic heterocycles. The fraction of sp³-hybridized carbons (Fsp3) is 0.933. The van der Waals surface area contributed by atoms with E-state index < -0.39 is 0 Å². The Balaban J connectivity index is 3.16. The Morgan fingerprint density at radius 3 is 1.82 bits per heavy atom. The van der Waals surface area contributed by atoms with Crippen molar-refractivity contribution in [1.82, 2.24) is 0 Å². The van der Waals surface area contributed by atoms with Crippen LogP contribution in [0, 0.1) is 5.21 Å². The average Bonchev–Trinajstić information content (AvgIpc) is 2.31. The lowest BCUT2D eigenvalue weighted by Crippen LogP contribution is -2.14. The molecule has 0 aliphatic heterocycles. The molecule has 0 amide bonds. The van der Waals surface area contributed by atoms with Crippen molar-refractivity contribution in [3.63, 3.8) is 0 Å². The highest BCUT2D eigenvalue weighted by molar-refractivity contribution is 5.51. The summed E-state index contributed by atoms with van der Waals surface area (Å²) in [7, 11) is 0. The Hall–Kier alpha value is -0.530. The van der Waals surface area contributed by atoms with E-state index in [1.54, 1.807) is 6.21 Å². The summed E-state index contributed by atoms with van der Waals surface area (Å²) in [6.07, 6.45) is 14.8. The van der Waals surface area contributed by atoms with Gasteiger partial charge < -0.3 is 5.21 Å². The third-order valence-electron chi connectivity index (χ3n) is 3.13. The fourth-order valence-corrected chi connectivity index (χ4v) is 1.88. The number of hydrogen-bond acceptors (Lipinski definition) is 1. The van der Waals surface area contributed by atoms with Gasteiger partial charge in [-0.2, -0.15) is 0 Å². The molecule has 0 saturated carbocycles. The average molecular weight is 241 g/mol. The summed E-state index contributed by atoms with van der Waals surface area (Å²) in [6, 6.07) is 0.0913. The van der Waals surface area contributed by atoms with Gasteiger partial charge in [0.25, 0.3) is 0 Å². The van der Waals surface area contributed by atoms with Gasteiger partial charge in [-0.05, 0) is 20.3 Å². The predicted molar refractivity (Wildman–Crippen MR) is 76.7 cm³/mol. The number of hydrogen-bond donors (Lipinski definition) is 0. The van der Waals surface area contributed by atoms with Crippen molar-refractivity contribution in [2.45, 2.75) is 91.0 Å². The topological polar surface area (TPSA) is 26.1 Å². The number of unbranched alkanes of at least 4 members (excludes halogenated alkanes) is 9. The lowest BCUT2D eigenvalue weighted by Gasteiger charge is -2.06. The Labute approximate surface area is 108 Å². The van der Waals surface area contributed by atoms with E-state index in [0.29, 0.717) is 0 Å². The van der Waals surface area contributed by atoms with Gasteiger partial charge >= 0.3 is 0 Å². The largest absolute Gasteiger partial charge is 0.624 e. The Morgan fingerprint density at radius 2 is 1.35 bits per heavy atom. The fourth-order valence-electron chi connectivity index (χ4n) is 1.88. The van der Waals surface area contributed by atoms with Gasteiger partial charge in [0.15, 0.2) is 12.3 Å². The standard InChI is InChI=1S/C15H31NO/c1-4-5-6-7-8-9-10-11-12-13-14-16(17)15(2)3/h14-15H,4-13H2,1-3H3/b16-14+. The summed E-state index contributed by atoms with van der Waals surface area (Å²) in [6.45, 7) is 6.12. The molecule has 2 nitrogen and oxygen atoms in total. The molecule has 17 heavy (non-hydrogen) atoms. The second kappa shape index (κ2) is 11.9. The molecule has 0 atom stereocenters. The minimum atomic E-state index is 0.0913. The molecule has 102 valence electrons. The second-order valence-electron chi connectivity index (χ2n) is 5.25. The van der Waals surface area contributed by atoms with Crippen LogP contribution in [0.25, 0.3) is 0 Å². The van der Waals surface area contributed by atoms with Crippen LogP contribution in [0.4, 0.5) is 0 Å². The van der Waals surface area contributed by atoms with Crippen LogP contribution >= 0.6 is 0 Å².